The molecule has 4 saturated heterocycles. The fourth-order valence-electron chi connectivity index (χ4n) is 11.2. The molecular weight excluding hydrogens is 532 g/mol. The van der Waals surface area contributed by atoms with Crippen molar-refractivity contribution >= 4 is 17.9 Å². The van der Waals surface area contributed by atoms with Crippen molar-refractivity contribution in [3.05, 3.63) is 0 Å². The number of cyclic esters (lactones) is 1. The lowest BCUT2D eigenvalue weighted by molar-refractivity contribution is -0.270. The van der Waals surface area contributed by atoms with Gasteiger partial charge in [0.15, 0.2) is 0 Å². The maximum Gasteiger partial charge on any atom is 0.309 e. The number of carbonyl (C=O) groups is 3. The summed E-state index contributed by atoms with van der Waals surface area (Å²) in [7, 11) is 0. The predicted octanol–water partition coefficient (Wildman–Crippen LogP) is 2.44. The van der Waals surface area contributed by atoms with Gasteiger partial charge in [-0.15, -0.1) is 0 Å². The zero-order valence-electron chi connectivity index (χ0n) is 24.9. The second-order valence-electron chi connectivity index (χ2n) is 15.1. The number of aliphatic hydroxyl groups is 2. The van der Waals surface area contributed by atoms with Gasteiger partial charge in [0.1, 0.15) is 23.9 Å². The van der Waals surface area contributed by atoms with Crippen LogP contribution in [0.4, 0.5) is 0 Å². The number of ether oxygens (including phenoxy) is 5. The zero-order chi connectivity index (χ0) is 29.5. The van der Waals surface area contributed by atoms with E-state index in [2.05, 4.69) is 6.92 Å². The Kier molecular flexibility index (Phi) is 5.78. The summed E-state index contributed by atoms with van der Waals surface area (Å²) in [5.41, 5.74) is -4.95. The molecule has 4 aliphatic heterocycles. The van der Waals surface area contributed by atoms with E-state index < -0.39 is 58.0 Å². The van der Waals surface area contributed by atoms with Crippen molar-refractivity contribution in [2.75, 3.05) is 0 Å². The Bertz CT molecular complexity index is 1190. The molecule has 0 radical (unpaired) electrons. The highest BCUT2D eigenvalue weighted by Gasteiger charge is 2.80. The van der Waals surface area contributed by atoms with E-state index in [-0.39, 0.29) is 60.7 Å². The summed E-state index contributed by atoms with van der Waals surface area (Å²) in [5.74, 6) is -2.24. The van der Waals surface area contributed by atoms with Gasteiger partial charge in [0.2, 0.25) is 0 Å². The fraction of sp³-hybridized carbons (Fsp3) is 0.903. The van der Waals surface area contributed by atoms with E-state index in [4.69, 9.17) is 23.7 Å². The third-order valence-corrected chi connectivity index (χ3v) is 12.8. The van der Waals surface area contributed by atoms with Crippen molar-refractivity contribution in [2.24, 2.45) is 35.0 Å². The standard InChI is InChI=1S/C31H44O10/c1-14-9-18(38-26(14)35)24-15(2)17-10-21(33)28(6)25-19(37-16(3)32)11-20-27(4,5)39-22-12-23(34)40-30(20,22)13-29(25,36)7-8-31(17,28)41-24/h14-15,17-22,24-25,33,36H,7-13H2,1-6H3/t14-,15+,17-,18-,19-,20+,21+,22-,24+,25+,28-,29+,30-,31+/m0/s1. The van der Waals surface area contributed by atoms with E-state index in [9.17, 15) is 24.6 Å². The highest BCUT2D eigenvalue weighted by Crippen LogP contribution is 2.73. The van der Waals surface area contributed by atoms with Crippen LogP contribution in [0.1, 0.15) is 86.5 Å². The van der Waals surface area contributed by atoms with Gasteiger partial charge in [-0.05, 0) is 57.8 Å². The minimum atomic E-state index is -1.42. The van der Waals surface area contributed by atoms with Crippen molar-refractivity contribution in [3.8, 4) is 0 Å². The molecule has 0 bridgehead atoms. The van der Waals surface area contributed by atoms with E-state index in [1.807, 2.05) is 27.7 Å². The average Bonchev–Trinajstić information content (AvgIpc) is 3.52. The van der Waals surface area contributed by atoms with Gasteiger partial charge in [-0.3, -0.25) is 14.4 Å². The van der Waals surface area contributed by atoms with E-state index in [1.165, 1.54) is 6.92 Å². The molecule has 0 unspecified atom stereocenters. The van der Waals surface area contributed by atoms with Crippen LogP contribution in [-0.2, 0) is 38.1 Å². The van der Waals surface area contributed by atoms with Crippen LogP contribution in [0, 0.1) is 35.0 Å². The van der Waals surface area contributed by atoms with Crippen LogP contribution in [0.3, 0.4) is 0 Å². The first kappa shape index (κ1) is 28.0. The molecule has 3 saturated carbocycles. The highest BCUT2D eigenvalue weighted by atomic mass is 16.6. The number of fused-ring (bicyclic) bond motifs is 2. The first-order valence-corrected chi connectivity index (χ1v) is 15.4. The number of aliphatic hydroxyl groups excluding tert-OH is 1. The molecule has 0 amide bonds. The second kappa shape index (κ2) is 8.45. The Morgan fingerprint density at radius 3 is 2.44 bits per heavy atom. The molecule has 7 rings (SSSR count). The van der Waals surface area contributed by atoms with Crippen molar-refractivity contribution in [1.29, 1.82) is 0 Å². The van der Waals surface area contributed by atoms with Crippen molar-refractivity contribution in [1.82, 2.24) is 0 Å². The Labute approximate surface area is 240 Å². The monoisotopic (exact) mass is 576 g/mol. The molecule has 0 aromatic carbocycles. The maximum absolute atomic E-state index is 12.8. The molecule has 7 aliphatic rings. The zero-order valence-corrected chi connectivity index (χ0v) is 24.9. The first-order chi connectivity index (χ1) is 19.1. The number of hydrogen-bond acceptors (Lipinski definition) is 10. The molecule has 2 N–H and O–H groups in total. The lowest BCUT2D eigenvalue weighted by Gasteiger charge is -2.60. The molecule has 0 aromatic heterocycles. The molecule has 10 nitrogen and oxygen atoms in total. The molecule has 14 atom stereocenters. The van der Waals surface area contributed by atoms with Gasteiger partial charge in [0, 0.05) is 30.6 Å². The lowest BCUT2D eigenvalue weighted by Crippen LogP contribution is -2.68. The van der Waals surface area contributed by atoms with Crippen LogP contribution in [0.25, 0.3) is 0 Å². The Balaban J connectivity index is 1.34. The van der Waals surface area contributed by atoms with E-state index in [0.717, 1.165) is 0 Å². The van der Waals surface area contributed by atoms with Gasteiger partial charge < -0.3 is 33.9 Å². The van der Waals surface area contributed by atoms with E-state index in [0.29, 0.717) is 32.1 Å². The molecule has 2 spiro atoms. The van der Waals surface area contributed by atoms with Crippen LogP contribution in [-0.4, -0.2) is 81.0 Å². The van der Waals surface area contributed by atoms with Gasteiger partial charge in [-0.2, -0.15) is 0 Å². The highest BCUT2D eigenvalue weighted by molar-refractivity contribution is 5.74. The second-order valence-corrected chi connectivity index (χ2v) is 15.1. The average molecular weight is 577 g/mol. The Morgan fingerprint density at radius 2 is 1.78 bits per heavy atom. The minimum absolute atomic E-state index is 0.0178. The fourth-order valence-corrected chi connectivity index (χ4v) is 11.2. The summed E-state index contributed by atoms with van der Waals surface area (Å²) in [6, 6.07) is 0. The molecule has 3 aliphatic carbocycles. The Morgan fingerprint density at radius 1 is 1.05 bits per heavy atom. The van der Waals surface area contributed by atoms with Crippen LogP contribution in [0.15, 0.2) is 0 Å². The van der Waals surface area contributed by atoms with Crippen LogP contribution >= 0.6 is 0 Å². The molecule has 10 heteroatoms. The maximum atomic E-state index is 12.8. The summed E-state index contributed by atoms with van der Waals surface area (Å²) in [4.78, 5) is 37.6. The summed E-state index contributed by atoms with van der Waals surface area (Å²) < 4.78 is 31.5. The van der Waals surface area contributed by atoms with Gasteiger partial charge in [0.25, 0.3) is 0 Å². The van der Waals surface area contributed by atoms with Gasteiger partial charge >= 0.3 is 17.9 Å². The summed E-state index contributed by atoms with van der Waals surface area (Å²) >= 11 is 0. The van der Waals surface area contributed by atoms with Gasteiger partial charge in [-0.1, -0.05) is 20.8 Å². The lowest BCUT2D eigenvalue weighted by atomic mass is 9.50. The number of carbonyl (C=O) groups excluding carboxylic acids is 3. The number of rotatable bonds is 2. The quantitative estimate of drug-likeness (QED) is 0.372. The molecule has 7 fully saturated rings. The molecular formula is C31H44O10. The SMILES string of the molecule is CC(=O)O[C@H]1C[C@@H]2C(C)(C)O[C@H]3CC(=O)O[C@]32C[C@]2(O)CC[C@@]34O[C@@H]([C@@H]5C[C@H](C)C(=O)O5)[C@H](C)[C@@H]3C[C@@H](O)[C@@]4(C)[C@@H]12. The van der Waals surface area contributed by atoms with E-state index in [1.54, 1.807) is 0 Å². The van der Waals surface area contributed by atoms with Crippen LogP contribution in [0.2, 0.25) is 0 Å². The smallest absolute Gasteiger partial charge is 0.309 e. The molecule has 0 aromatic rings. The largest absolute Gasteiger partial charge is 0.462 e. The molecule has 41 heavy (non-hydrogen) atoms. The predicted molar refractivity (Wildman–Crippen MR) is 141 cm³/mol. The van der Waals surface area contributed by atoms with Crippen molar-refractivity contribution < 1.29 is 48.3 Å². The first-order valence-electron chi connectivity index (χ1n) is 15.4. The summed E-state index contributed by atoms with van der Waals surface area (Å²) in [6.07, 6.45) is -0.320. The van der Waals surface area contributed by atoms with Crippen molar-refractivity contribution in [3.63, 3.8) is 0 Å². The van der Waals surface area contributed by atoms with Crippen LogP contribution < -0.4 is 0 Å². The van der Waals surface area contributed by atoms with Gasteiger partial charge in [0.05, 0.1) is 41.3 Å². The normalized spacial score (nSPS) is 56.6. The molecule has 4 heterocycles. The topological polar surface area (TPSA) is 138 Å². The summed E-state index contributed by atoms with van der Waals surface area (Å²) in [5, 5.41) is 24.7. The molecule has 228 valence electrons. The minimum Gasteiger partial charge on any atom is -0.462 e. The van der Waals surface area contributed by atoms with Crippen molar-refractivity contribution in [2.45, 2.75) is 139 Å². The van der Waals surface area contributed by atoms with E-state index >= 15 is 0 Å². The van der Waals surface area contributed by atoms with Gasteiger partial charge in [-0.25, -0.2) is 0 Å². The third-order valence-electron chi connectivity index (χ3n) is 12.8. The third kappa shape index (κ3) is 3.42. The number of esters is 3. The summed E-state index contributed by atoms with van der Waals surface area (Å²) in [6.45, 7) is 11.3. The van der Waals surface area contributed by atoms with Crippen LogP contribution in [0.5, 0.6) is 0 Å². The number of hydrogen-bond donors (Lipinski definition) is 2. The Hall–Kier alpha value is -1.75.